The van der Waals surface area contributed by atoms with Crippen LogP contribution < -0.4 is 10.1 Å². The fourth-order valence-electron chi connectivity index (χ4n) is 1.24. The summed E-state index contributed by atoms with van der Waals surface area (Å²) in [6, 6.07) is 5.35. The first-order valence-electron chi connectivity index (χ1n) is 5.69. The third-order valence-corrected chi connectivity index (χ3v) is 2.25. The molecule has 0 aliphatic carbocycles. The van der Waals surface area contributed by atoms with Crippen molar-refractivity contribution in [2.24, 2.45) is 5.92 Å². The van der Waals surface area contributed by atoms with Gasteiger partial charge < -0.3 is 10.1 Å². The Morgan fingerprint density at radius 1 is 1.39 bits per heavy atom. The van der Waals surface area contributed by atoms with Crippen molar-refractivity contribution < 1.29 is 14.5 Å². The quantitative estimate of drug-likeness (QED) is 0.645. The van der Waals surface area contributed by atoms with Gasteiger partial charge in [-0.25, -0.2) is 4.79 Å². The van der Waals surface area contributed by atoms with Crippen LogP contribution in [0.4, 0.5) is 10.5 Å². The number of hydrogen-bond donors (Lipinski definition) is 1. The summed E-state index contributed by atoms with van der Waals surface area (Å²) in [4.78, 5) is 21.3. The molecule has 0 spiro atoms. The number of nitro groups is 1. The van der Waals surface area contributed by atoms with Crippen molar-refractivity contribution in [3.8, 4) is 5.75 Å². The van der Waals surface area contributed by atoms with Gasteiger partial charge >= 0.3 is 6.09 Å². The van der Waals surface area contributed by atoms with E-state index in [1.54, 1.807) is 0 Å². The number of rotatable bonds is 5. The SMILES string of the molecule is CC(C)CCNC(=O)Oc1ccc([N+](=O)[O-])cc1. The van der Waals surface area contributed by atoms with E-state index in [1.807, 2.05) is 0 Å². The molecule has 0 heterocycles. The first-order chi connectivity index (χ1) is 8.49. The van der Waals surface area contributed by atoms with Gasteiger partial charge in [-0.15, -0.1) is 0 Å². The lowest BCUT2D eigenvalue weighted by molar-refractivity contribution is -0.384. The number of nitrogens with zero attached hydrogens (tertiary/aromatic N) is 1. The first-order valence-corrected chi connectivity index (χ1v) is 5.69. The van der Waals surface area contributed by atoms with E-state index < -0.39 is 11.0 Å². The summed E-state index contributed by atoms with van der Waals surface area (Å²) in [5.41, 5.74) is -0.0393. The number of ether oxygens (including phenoxy) is 1. The zero-order valence-electron chi connectivity index (χ0n) is 10.4. The molecule has 0 saturated carbocycles. The minimum absolute atomic E-state index is 0.0393. The smallest absolute Gasteiger partial charge is 0.410 e. The normalized spacial score (nSPS) is 10.2. The molecule has 6 nitrogen and oxygen atoms in total. The van der Waals surface area contributed by atoms with Gasteiger partial charge in [0.25, 0.3) is 5.69 Å². The highest BCUT2D eigenvalue weighted by Crippen LogP contribution is 2.17. The number of carbonyl (C=O) groups is 1. The van der Waals surface area contributed by atoms with Crippen molar-refractivity contribution in [1.29, 1.82) is 0 Å². The summed E-state index contributed by atoms with van der Waals surface area (Å²) < 4.78 is 4.96. The van der Waals surface area contributed by atoms with E-state index in [-0.39, 0.29) is 11.4 Å². The second-order valence-electron chi connectivity index (χ2n) is 4.25. The van der Waals surface area contributed by atoms with Gasteiger partial charge in [0.15, 0.2) is 0 Å². The van der Waals surface area contributed by atoms with Crippen molar-refractivity contribution >= 4 is 11.8 Å². The Hall–Kier alpha value is -2.11. The lowest BCUT2D eigenvalue weighted by Crippen LogP contribution is -2.28. The van der Waals surface area contributed by atoms with Gasteiger partial charge in [0, 0.05) is 18.7 Å². The molecule has 0 fully saturated rings. The summed E-state index contributed by atoms with van der Waals surface area (Å²) >= 11 is 0. The van der Waals surface area contributed by atoms with E-state index in [2.05, 4.69) is 19.2 Å². The van der Waals surface area contributed by atoms with Crippen LogP contribution in [0.5, 0.6) is 5.75 Å². The minimum Gasteiger partial charge on any atom is -0.410 e. The maximum absolute atomic E-state index is 11.3. The Morgan fingerprint density at radius 3 is 2.50 bits per heavy atom. The lowest BCUT2D eigenvalue weighted by atomic mass is 10.1. The van der Waals surface area contributed by atoms with Crippen LogP contribution >= 0.6 is 0 Å². The summed E-state index contributed by atoms with van der Waals surface area (Å²) in [5.74, 6) is 0.785. The molecule has 0 aliphatic heterocycles. The van der Waals surface area contributed by atoms with Gasteiger partial charge in [-0.1, -0.05) is 13.8 Å². The minimum atomic E-state index is -0.551. The van der Waals surface area contributed by atoms with Crippen molar-refractivity contribution in [1.82, 2.24) is 5.32 Å². The van der Waals surface area contributed by atoms with Crippen LogP contribution in [0.15, 0.2) is 24.3 Å². The van der Waals surface area contributed by atoms with Gasteiger partial charge in [-0.05, 0) is 24.5 Å². The van der Waals surface area contributed by atoms with Crippen LogP contribution in [0.2, 0.25) is 0 Å². The number of hydrogen-bond acceptors (Lipinski definition) is 4. The fourth-order valence-corrected chi connectivity index (χ4v) is 1.24. The molecule has 1 N–H and O–H groups in total. The van der Waals surface area contributed by atoms with E-state index in [9.17, 15) is 14.9 Å². The molecule has 18 heavy (non-hydrogen) atoms. The third-order valence-electron chi connectivity index (χ3n) is 2.25. The Balaban J connectivity index is 2.42. The highest BCUT2D eigenvalue weighted by atomic mass is 16.6. The molecule has 0 unspecified atom stereocenters. The van der Waals surface area contributed by atoms with Crippen LogP contribution in [0.1, 0.15) is 20.3 Å². The number of nitrogens with one attached hydrogen (secondary N) is 1. The van der Waals surface area contributed by atoms with Gasteiger partial charge in [0.2, 0.25) is 0 Å². The fraction of sp³-hybridized carbons (Fsp3) is 0.417. The van der Waals surface area contributed by atoms with Crippen molar-refractivity contribution in [3.05, 3.63) is 34.4 Å². The van der Waals surface area contributed by atoms with Crippen molar-refractivity contribution in [3.63, 3.8) is 0 Å². The summed E-state index contributed by atoms with van der Waals surface area (Å²) in [7, 11) is 0. The molecule has 0 aromatic heterocycles. The Kier molecular flexibility index (Phi) is 5.10. The number of nitro benzene ring substituents is 1. The Bertz CT molecular complexity index is 415. The van der Waals surface area contributed by atoms with E-state index >= 15 is 0 Å². The molecule has 0 atom stereocenters. The maximum Gasteiger partial charge on any atom is 0.412 e. The summed E-state index contributed by atoms with van der Waals surface area (Å²) in [5, 5.41) is 13.0. The van der Waals surface area contributed by atoms with Gasteiger partial charge in [0.05, 0.1) is 4.92 Å². The average molecular weight is 252 g/mol. The van der Waals surface area contributed by atoms with Gasteiger partial charge in [-0.2, -0.15) is 0 Å². The Labute approximate surface area is 105 Å². The maximum atomic E-state index is 11.3. The molecule has 0 bridgehead atoms. The molecule has 0 aliphatic rings. The van der Waals surface area contributed by atoms with Gasteiger partial charge in [-0.3, -0.25) is 10.1 Å². The average Bonchev–Trinajstić information content (AvgIpc) is 2.29. The number of benzene rings is 1. The molecular weight excluding hydrogens is 236 g/mol. The van der Waals surface area contributed by atoms with Crippen LogP contribution in [0.3, 0.4) is 0 Å². The van der Waals surface area contributed by atoms with Crippen LogP contribution in [-0.2, 0) is 0 Å². The summed E-state index contributed by atoms with van der Waals surface area (Å²) in [6.45, 7) is 4.66. The second kappa shape index (κ2) is 6.58. The third kappa shape index (κ3) is 4.82. The highest BCUT2D eigenvalue weighted by molar-refractivity contribution is 5.70. The van der Waals surface area contributed by atoms with Gasteiger partial charge in [0.1, 0.15) is 5.75 Å². The van der Waals surface area contributed by atoms with E-state index in [4.69, 9.17) is 4.74 Å². The molecule has 0 radical (unpaired) electrons. The topological polar surface area (TPSA) is 81.5 Å². The van der Waals surface area contributed by atoms with Crippen molar-refractivity contribution in [2.75, 3.05) is 6.54 Å². The second-order valence-corrected chi connectivity index (χ2v) is 4.25. The lowest BCUT2D eigenvalue weighted by Gasteiger charge is -2.07. The Morgan fingerprint density at radius 2 is 2.00 bits per heavy atom. The van der Waals surface area contributed by atoms with E-state index in [1.165, 1.54) is 24.3 Å². The zero-order valence-corrected chi connectivity index (χ0v) is 10.4. The molecule has 6 heteroatoms. The highest BCUT2D eigenvalue weighted by Gasteiger charge is 2.07. The molecule has 98 valence electrons. The van der Waals surface area contributed by atoms with Crippen LogP contribution in [0, 0.1) is 16.0 Å². The predicted octanol–water partition coefficient (Wildman–Crippen LogP) is 2.73. The molecule has 1 aromatic rings. The standard InChI is InChI=1S/C12H16N2O4/c1-9(2)7-8-13-12(15)18-11-5-3-10(4-6-11)14(16)17/h3-6,9H,7-8H2,1-2H3,(H,13,15). The predicted molar refractivity (Wildman–Crippen MR) is 66.6 cm³/mol. The molecule has 0 saturated heterocycles. The number of carbonyl (C=O) groups excluding carboxylic acids is 1. The monoisotopic (exact) mass is 252 g/mol. The zero-order chi connectivity index (χ0) is 13.5. The molecule has 1 rings (SSSR count). The largest absolute Gasteiger partial charge is 0.412 e. The molecular formula is C12H16N2O4. The first kappa shape index (κ1) is 14.0. The summed E-state index contributed by atoms with van der Waals surface area (Å²) in [6.07, 6.45) is 0.319. The number of amides is 1. The van der Waals surface area contributed by atoms with Crippen molar-refractivity contribution in [2.45, 2.75) is 20.3 Å². The van der Waals surface area contributed by atoms with E-state index in [0.29, 0.717) is 12.5 Å². The van der Waals surface area contributed by atoms with E-state index in [0.717, 1.165) is 6.42 Å². The van der Waals surface area contributed by atoms with Crippen LogP contribution in [0.25, 0.3) is 0 Å². The number of non-ortho nitro benzene ring substituents is 1. The molecule has 1 aromatic carbocycles. The van der Waals surface area contributed by atoms with Crippen LogP contribution in [-0.4, -0.2) is 17.6 Å². The molecule has 1 amide bonds.